The molecule has 0 fully saturated rings. The van der Waals surface area contributed by atoms with E-state index in [1.165, 1.54) is 7.05 Å². The Balaban J connectivity index is 2.84. The first kappa shape index (κ1) is 17.8. The van der Waals surface area contributed by atoms with Gasteiger partial charge in [-0.1, -0.05) is 12.1 Å². The van der Waals surface area contributed by atoms with E-state index < -0.39 is 23.7 Å². The van der Waals surface area contributed by atoms with Crippen molar-refractivity contribution in [2.45, 2.75) is 38.8 Å². The fourth-order valence-electron chi connectivity index (χ4n) is 1.84. The quantitative estimate of drug-likeness (QED) is 0.904. The molecule has 122 valence electrons. The van der Waals surface area contributed by atoms with E-state index in [2.05, 4.69) is 0 Å². The number of likely N-dealkylation sites (N-methyl/N-ethyl adjacent to an activating group) is 1. The van der Waals surface area contributed by atoms with Gasteiger partial charge < -0.3 is 14.6 Å². The zero-order valence-electron chi connectivity index (χ0n) is 13.6. The number of aliphatic carboxylic acids is 1. The lowest BCUT2D eigenvalue weighted by Gasteiger charge is -2.28. The number of nitrogens with zero attached hydrogens (tertiary/aromatic N) is 1. The molecule has 0 unspecified atom stereocenters. The Bertz CT molecular complexity index is 518. The van der Waals surface area contributed by atoms with Crippen LogP contribution in [0.5, 0.6) is 5.75 Å². The number of carbonyl (C=O) groups excluding carboxylic acids is 1. The topological polar surface area (TPSA) is 76.1 Å². The molecule has 1 aromatic carbocycles. The van der Waals surface area contributed by atoms with Crippen LogP contribution in [0.15, 0.2) is 24.3 Å². The van der Waals surface area contributed by atoms with Crippen LogP contribution >= 0.6 is 0 Å². The van der Waals surface area contributed by atoms with Crippen molar-refractivity contribution in [2.75, 3.05) is 14.2 Å². The number of carbonyl (C=O) groups is 2. The lowest BCUT2D eigenvalue weighted by Crippen LogP contribution is -2.46. The number of carboxylic acid groups (broad SMARTS) is 1. The van der Waals surface area contributed by atoms with Gasteiger partial charge in [-0.25, -0.2) is 9.59 Å². The fourth-order valence-corrected chi connectivity index (χ4v) is 1.84. The van der Waals surface area contributed by atoms with E-state index in [1.54, 1.807) is 52.1 Å². The van der Waals surface area contributed by atoms with Gasteiger partial charge in [0.05, 0.1) is 7.11 Å². The number of hydrogen-bond donors (Lipinski definition) is 1. The molecule has 0 aromatic heterocycles. The van der Waals surface area contributed by atoms with E-state index in [0.29, 0.717) is 5.75 Å². The van der Waals surface area contributed by atoms with E-state index in [9.17, 15) is 14.7 Å². The molecule has 0 radical (unpaired) electrons. The van der Waals surface area contributed by atoms with Crippen molar-refractivity contribution in [3.05, 3.63) is 29.8 Å². The maximum Gasteiger partial charge on any atom is 0.410 e. The highest BCUT2D eigenvalue weighted by molar-refractivity contribution is 5.80. The van der Waals surface area contributed by atoms with E-state index in [-0.39, 0.29) is 6.42 Å². The van der Waals surface area contributed by atoms with Gasteiger partial charge in [-0.15, -0.1) is 0 Å². The Morgan fingerprint density at radius 3 is 2.18 bits per heavy atom. The van der Waals surface area contributed by atoms with Crippen molar-refractivity contribution in [3.63, 3.8) is 0 Å². The first-order valence-corrected chi connectivity index (χ1v) is 6.95. The Kier molecular flexibility index (Phi) is 5.79. The van der Waals surface area contributed by atoms with Gasteiger partial charge >= 0.3 is 12.1 Å². The minimum atomic E-state index is -1.08. The minimum absolute atomic E-state index is 0.190. The number of hydrogen-bond acceptors (Lipinski definition) is 4. The molecule has 1 N–H and O–H groups in total. The minimum Gasteiger partial charge on any atom is -0.497 e. The third-order valence-corrected chi connectivity index (χ3v) is 3.02. The molecule has 22 heavy (non-hydrogen) atoms. The van der Waals surface area contributed by atoms with Crippen LogP contribution in [0.1, 0.15) is 26.3 Å². The van der Waals surface area contributed by atoms with Crippen LogP contribution in [0.25, 0.3) is 0 Å². The Labute approximate surface area is 130 Å². The molecule has 0 heterocycles. The van der Waals surface area contributed by atoms with Crippen LogP contribution in [0.4, 0.5) is 4.79 Å². The number of amides is 1. The molecule has 0 bridgehead atoms. The fraction of sp³-hybridized carbons (Fsp3) is 0.500. The monoisotopic (exact) mass is 309 g/mol. The summed E-state index contributed by atoms with van der Waals surface area (Å²) < 4.78 is 10.3. The summed E-state index contributed by atoms with van der Waals surface area (Å²) in [6, 6.07) is 6.06. The molecule has 1 rings (SSSR count). The predicted molar refractivity (Wildman–Crippen MR) is 82.1 cm³/mol. The highest BCUT2D eigenvalue weighted by Crippen LogP contribution is 2.16. The van der Waals surface area contributed by atoms with Gasteiger partial charge in [0, 0.05) is 13.5 Å². The van der Waals surface area contributed by atoms with Gasteiger partial charge in [-0.05, 0) is 38.5 Å². The molecule has 1 atom stereocenters. The molecule has 0 aliphatic carbocycles. The summed E-state index contributed by atoms with van der Waals surface area (Å²) in [5.41, 5.74) is 0.123. The summed E-state index contributed by atoms with van der Waals surface area (Å²) in [4.78, 5) is 24.6. The Morgan fingerprint density at radius 2 is 1.77 bits per heavy atom. The average molecular weight is 309 g/mol. The third kappa shape index (κ3) is 5.27. The van der Waals surface area contributed by atoms with Gasteiger partial charge in [0.1, 0.15) is 17.4 Å². The summed E-state index contributed by atoms with van der Waals surface area (Å²) in [5, 5.41) is 9.38. The van der Waals surface area contributed by atoms with Crippen molar-refractivity contribution in [3.8, 4) is 5.75 Å². The average Bonchev–Trinajstić information content (AvgIpc) is 2.42. The largest absolute Gasteiger partial charge is 0.497 e. The molecule has 0 aliphatic heterocycles. The highest BCUT2D eigenvalue weighted by atomic mass is 16.6. The number of carboxylic acids is 1. The van der Waals surface area contributed by atoms with Crippen molar-refractivity contribution in [2.24, 2.45) is 0 Å². The highest BCUT2D eigenvalue weighted by Gasteiger charge is 2.30. The van der Waals surface area contributed by atoms with Crippen LogP contribution in [-0.4, -0.2) is 47.9 Å². The van der Waals surface area contributed by atoms with Crippen LogP contribution < -0.4 is 4.74 Å². The summed E-state index contributed by atoms with van der Waals surface area (Å²) in [5.74, 6) is -0.389. The van der Waals surface area contributed by atoms with E-state index in [1.807, 2.05) is 0 Å². The molecule has 0 aliphatic rings. The number of benzene rings is 1. The van der Waals surface area contributed by atoms with E-state index in [4.69, 9.17) is 9.47 Å². The van der Waals surface area contributed by atoms with Crippen molar-refractivity contribution in [1.82, 2.24) is 4.90 Å². The molecule has 6 nitrogen and oxygen atoms in total. The summed E-state index contributed by atoms with van der Waals surface area (Å²) in [7, 11) is 2.99. The van der Waals surface area contributed by atoms with Gasteiger partial charge in [0.25, 0.3) is 0 Å². The van der Waals surface area contributed by atoms with Crippen molar-refractivity contribution >= 4 is 12.1 Å². The lowest BCUT2D eigenvalue weighted by atomic mass is 10.1. The maximum atomic E-state index is 12.0. The number of rotatable bonds is 5. The molecule has 0 spiro atoms. The SMILES string of the molecule is COc1ccc(C[C@H](C(=O)O)N(C)C(=O)OC(C)(C)C)cc1. The molecule has 6 heteroatoms. The summed E-state index contributed by atoms with van der Waals surface area (Å²) >= 11 is 0. The second-order valence-electron chi connectivity index (χ2n) is 6.00. The van der Waals surface area contributed by atoms with Crippen LogP contribution in [-0.2, 0) is 16.0 Å². The summed E-state index contributed by atoms with van der Waals surface area (Å²) in [6.45, 7) is 5.20. The van der Waals surface area contributed by atoms with E-state index in [0.717, 1.165) is 10.5 Å². The zero-order chi connectivity index (χ0) is 16.9. The standard InChI is InChI=1S/C16H23NO5/c1-16(2,3)22-15(20)17(4)13(14(18)19)10-11-6-8-12(21-5)9-7-11/h6-9,13H,10H2,1-5H3,(H,18,19)/t13-/m1/s1. The van der Waals surface area contributed by atoms with Crippen LogP contribution in [0.2, 0.25) is 0 Å². The Morgan fingerprint density at radius 1 is 1.23 bits per heavy atom. The first-order chi connectivity index (χ1) is 10.1. The smallest absolute Gasteiger partial charge is 0.410 e. The van der Waals surface area contributed by atoms with Gasteiger partial charge in [-0.3, -0.25) is 4.90 Å². The second-order valence-corrected chi connectivity index (χ2v) is 6.00. The Hall–Kier alpha value is -2.24. The second kappa shape index (κ2) is 7.15. The first-order valence-electron chi connectivity index (χ1n) is 6.95. The lowest BCUT2D eigenvalue weighted by molar-refractivity contribution is -0.142. The number of ether oxygens (including phenoxy) is 2. The molecular formula is C16H23NO5. The predicted octanol–water partition coefficient (Wildman–Crippen LogP) is 2.56. The molecule has 0 saturated heterocycles. The third-order valence-electron chi connectivity index (χ3n) is 3.02. The molecule has 1 amide bonds. The van der Waals surface area contributed by atoms with E-state index >= 15 is 0 Å². The molecule has 0 saturated carbocycles. The van der Waals surface area contributed by atoms with Gasteiger partial charge in [0.2, 0.25) is 0 Å². The van der Waals surface area contributed by atoms with Gasteiger partial charge in [-0.2, -0.15) is 0 Å². The van der Waals surface area contributed by atoms with Gasteiger partial charge in [0.15, 0.2) is 0 Å². The molecular weight excluding hydrogens is 286 g/mol. The maximum absolute atomic E-state index is 12.0. The summed E-state index contributed by atoms with van der Waals surface area (Å²) in [6.07, 6.45) is -0.469. The van der Waals surface area contributed by atoms with Crippen LogP contribution in [0, 0.1) is 0 Å². The number of methoxy groups -OCH3 is 1. The zero-order valence-corrected chi connectivity index (χ0v) is 13.6. The van der Waals surface area contributed by atoms with Crippen molar-refractivity contribution in [1.29, 1.82) is 0 Å². The normalized spacial score (nSPS) is 12.4. The molecule has 1 aromatic rings. The van der Waals surface area contributed by atoms with Crippen LogP contribution in [0.3, 0.4) is 0 Å². The van der Waals surface area contributed by atoms with Crippen molar-refractivity contribution < 1.29 is 24.2 Å².